The van der Waals surface area contributed by atoms with Gasteiger partial charge in [0.15, 0.2) is 11.6 Å². The van der Waals surface area contributed by atoms with Gasteiger partial charge in [-0.25, -0.2) is 13.6 Å². The van der Waals surface area contributed by atoms with Gasteiger partial charge >= 0.3 is 5.97 Å². The van der Waals surface area contributed by atoms with Crippen molar-refractivity contribution in [2.24, 2.45) is 17.6 Å². The van der Waals surface area contributed by atoms with Crippen molar-refractivity contribution in [3.8, 4) is 5.75 Å². The molecule has 0 unspecified atom stereocenters. The summed E-state index contributed by atoms with van der Waals surface area (Å²) in [7, 11) is 1.38. The van der Waals surface area contributed by atoms with Gasteiger partial charge in [-0.05, 0) is 37.5 Å². The van der Waals surface area contributed by atoms with E-state index in [1.54, 1.807) is 19.1 Å². The summed E-state index contributed by atoms with van der Waals surface area (Å²) >= 11 is 0. The Morgan fingerprint density at radius 2 is 2.20 bits per heavy atom. The van der Waals surface area contributed by atoms with Crippen molar-refractivity contribution in [2.45, 2.75) is 50.1 Å². The number of hydrogen-bond acceptors (Lipinski definition) is 4. The van der Waals surface area contributed by atoms with Gasteiger partial charge in [-0.1, -0.05) is 13.0 Å². The Labute approximate surface area is 145 Å². The Morgan fingerprint density at radius 1 is 1.52 bits per heavy atom. The summed E-state index contributed by atoms with van der Waals surface area (Å²) < 4.78 is 39.2. The number of aliphatic carboxylic acids is 1. The fourth-order valence-corrected chi connectivity index (χ4v) is 4.32. The largest absolute Gasteiger partial charge is 0.494 e. The van der Waals surface area contributed by atoms with Crippen LogP contribution in [0, 0.1) is 17.7 Å². The number of carboxylic acids is 1. The van der Waals surface area contributed by atoms with E-state index in [1.807, 2.05) is 6.92 Å². The van der Waals surface area contributed by atoms with E-state index >= 15 is 0 Å². The molecule has 3 N–H and O–H groups in total. The number of fused-ring (bicyclic) bond motifs is 1. The lowest BCUT2D eigenvalue weighted by Crippen LogP contribution is -2.54. The highest BCUT2D eigenvalue weighted by atomic mass is 19.1. The predicted molar refractivity (Wildman–Crippen MR) is 86.5 cm³/mol. The Kier molecular flexibility index (Phi) is 4.28. The van der Waals surface area contributed by atoms with Crippen LogP contribution >= 0.6 is 0 Å². The summed E-state index contributed by atoms with van der Waals surface area (Å²) in [5.41, 5.74) is 3.83. The van der Waals surface area contributed by atoms with Crippen LogP contribution in [-0.4, -0.2) is 35.5 Å². The highest BCUT2D eigenvalue weighted by Crippen LogP contribution is 2.68. The molecule has 2 aliphatic rings. The predicted octanol–water partition coefficient (Wildman–Crippen LogP) is 2.83. The first-order chi connectivity index (χ1) is 11.7. The average molecular weight is 355 g/mol. The molecule has 6 atom stereocenters. The monoisotopic (exact) mass is 355 g/mol. The van der Waals surface area contributed by atoms with Gasteiger partial charge in [0.2, 0.25) is 5.67 Å². The lowest BCUT2D eigenvalue weighted by atomic mass is 9.85. The molecular weight excluding hydrogens is 332 g/mol. The molecule has 0 aliphatic heterocycles. The van der Waals surface area contributed by atoms with Crippen molar-refractivity contribution in [3.05, 3.63) is 29.6 Å². The summed E-state index contributed by atoms with van der Waals surface area (Å²) in [5.74, 6) is -3.14. The molecule has 0 aromatic heterocycles. The maximum Gasteiger partial charge on any atom is 0.342 e. The number of hydrogen-bond donors (Lipinski definition) is 2. The number of carbonyl (C=O) groups is 1. The van der Waals surface area contributed by atoms with Crippen molar-refractivity contribution in [1.29, 1.82) is 0 Å². The van der Waals surface area contributed by atoms with Crippen LogP contribution in [0.3, 0.4) is 0 Å². The summed E-state index contributed by atoms with van der Waals surface area (Å²) in [6.07, 6.45) is -0.190. The molecule has 5 nitrogen and oxygen atoms in total. The quantitative estimate of drug-likeness (QED) is 0.820. The first-order valence-electron chi connectivity index (χ1n) is 8.40. The zero-order valence-corrected chi connectivity index (χ0v) is 14.5. The highest BCUT2D eigenvalue weighted by Gasteiger charge is 2.82. The third-order valence-corrected chi connectivity index (χ3v) is 5.89. The van der Waals surface area contributed by atoms with E-state index in [4.69, 9.17) is 20.3 Å². The average Bonchev–Trinajstić information content (AvgIpc) is 3.07. The number of nitrogens with two attached hydrogens (primary N) is 1. The number of rotatable bonds is 6. The molecule has 0 radical (unpaired) electrons. The Hall–Kier alpha value is -1.73. The van der Waals surface area contributed by atoms with Crippen LogP contribution in [0.1, 0.15) is 38.4 Å². The van der Waals surface area contributed by atoms with Crippen molar-refractivity contribution in [1.82, 2.24) is 0 Å². The number of carboxylic acid groups (broad SMARTS) is 1. The molecule has 0 bridgehead atoms. The van der Waals surface area contributed by atoms with Crippen molar-refractivity contribution in [2.75, 3.05) is 7.11 Å². The maximum absolute atomic E-state index is 14.6. The Balaban J connectivity index is 1.77. The molecule has 0 amide bonds. The molecule has 3 rings (SSSR count). The molecule has 138 valence electrons. The standard InChI is InChI=1S/C18H23F2NO4/c1-4-17(21)14(8-11-15(17)18(11,20)16(22)23)25-9(2)10-5-6-12(19)13(7-10)24-3/h5-7,9,11,14-15H,4,8,21H2,1-3H3,(H,22,23)/t9-,11-,14-,15-,17+,18-/m1/s1. The first kappa shape index (κ1) is 18.1. The zero-order chi connectivity index (χ0) is 18.6. The second kappa shape index (κ2) is 5.92. The van der Waals surface area contributed by atoms with Crippen molar-refractivity contribution in [3.63, 3.8) is 0 Å². The lowest BCUT2D eigenvalue weighted by molar-refractivity contribution is -0.148. The minimum absolute atomic E-state index is 0.116. The van der Waals surface area contributed by atoms with Crippen LogP contribution in [0.2, 0.25) is 0 Å². The molecule has 1 aromatic rings. The Morgan fingerprint density at radius 3 is 2.76 bits per heavy atom. The molecule has 2 aliphatic carbocycles. The smallest absolute Gasteiger partial charge is 0.342 e. The molecule has 2 fully saturated rings. The number of halogens is 2. The topological polar surface area (TPSA) is 81.8 Å². The van der Waals surface area contributed by atoms with E-state index in [9.17, 15) is 13.6 Å². The van der Waals surface area contributed by atoms with Crippen LogP contribution in [0.25, 0.3) is 0 Å². The molecule has 25 heavy (non-hydrogen) atoms. The molecule has 1 aromatic carbocycles. The molecule has 0 saturated heterocycles. The fourth-order valence-electron chi connectivity index (χ4n) is 4.32. The number of methoxy groups -OCH3 is 1. The first-order valence-corrected chi connectivity index (χ1v) is 8.40. The second-order valence-corrected chi connectivity index (χ2v) is 7.02. The normalized spacial score (nSPS) is 37.4. The summed E-state index contributed by atoms with van der Waals surface area (Å²) in [6.45, 7) is 3.61. The third-order valence-electron chi connectivity index (χ3n) is 5.89. The van der Waals surface area contributed by atoms with E-state index < -0.39 is 47.0 Å². The van der Waals surface area contributed by atoms with Gasteiger partial charge < -0.3 is 20.3 Å². The second-order valence-electron chi connectivity index (χ2n) is 7.02. The van der Waals surface area contributed by atoms with E-state index in [0.717, 1.165) is 0 Å². The van der Waals surface area contributed by atoms with Gasteiger partial charge in [0.1, 0.15) is 0 Å². The highest BCUT2D eigenvalue weighted by molar-refractivity contribution is 5.83. The lowest BCUT2D eigenvalue weighted by Gasteiger charge is -2.36. The third kappa shape index (κ3) is 2.52. The number of benzene rings is 1. The van der Waals surface area contributed by atoms with E-state index in [2.05, 4.69) is 0 Å². The van der Waals surface area contributed by atoms with Crippen LogP contribution in [0.5, 0.6) is 5.75 Å². The molecule has 2 saturated carbocycles. The molecule has 0 heterocycles. The van der Waals surface area contributed by atoms with Gasteiger partial charge in [0.05, 0.1) is 19.3 Å². The van der Waals surface area contributed by atoms with Crippen molar-refractivity contribution >= 4 is 5.97 Å². The van der Waals surface area contributed by atoms with Gasteiger partial charge in [0, 0.05) is 17.4 Å². The fraction of sp³-hybridized carbons (Fsp3) is 0.611. The van der Waals surface area contributed by atoms with Gasteiger partial charge in [-0.3, -0.25) is 0 Å². The summed E-state index contributed by atoms with van der Waals surface area (Å²) in [4.78, 5) is 11.2. The summed E-state index contributed by atoms with van der Waals surface area (Å²) in [6, 6.07) is 4.45. The van der Waals surface area contributed by atoms with Crippen molar-refractivity contribution < 1.29 is 28.2 Å². The zero-order valence-electron chi connectivity index (χ0n) is 14.5. The summed E-state index contributed by atoms with van der Waals surface area (Å²) in [5, 5.41) is 9.16. The minimum Gasteiger partial charge on any atom is -0.494 e. The van der Waals surface area contributed by atoms with E-state index in [0.29, 0.717) is 12.0 Å². The molecule has 0 spiro atoms. The minimum atomic E-state index is -2.24. The number of ether oxygens (including phenoxy) is 2. The number of alkyl halides is 1. The van der Waals surface area contributed by atoms with E-state index in [1.165, 1.54) is 13.2 Å². The van der Waals surface area contributed by atoms with Crippen LogP contribution in [0.15, 0.2) is 18.2 Å². The maximum atomic E-state index is 14.6. The van der Waals surface area contributed by atoms with E-state index in [-0.39, 0.29) is 12.2 Å². The van der Waals surface area contributed by atoms with Crippen LogP contribution < -0.4 is 10.5 Å². The van der Waals surface area contributed by atoms with Crippen LogP contribution in [-0.2, 0) is 9.53 Å². The van der Waals surface area contributed by atoms with Gasteiger partial charge in [-0.2, -0.15) is 0 Å². The molecule has 7 heteroatoms. The molecular formula is C18H23F2NO4. The van der Waals surface area contributed by atoms with Gasteiger partial charge in [-0.15, -0.1) is 0 Å². The SMILES string of the molecule is CC[C@@]1(N)[C@H]2[C@@H](C[C@H]1O[C@H](C)c1ccc(F)c(OC)c1)[C@]2(F)C(=O)O. The van der Waals surface area contributed by atoms with Gasteiger partial charge in [0.25, 0.3) is 0 Å². The van der Waals surface area contributed by atoms with Crippen LogP contribution in [0.4, 0.5) is 8.78 Å². The Bertz CT molecular complexity index is 700.